The second-order valence-electron chi connectivity index (χ2n) is 7.71. The molecule has 29 heavy (non-hydrogen) atoms. The average molecular weight is 393 g/mol. The lowest BCUT2D eigenvalue weighted by atomic mass is 9.95. The number of amides is 2. The first-order chi connectivity index (χ1) is 14.1. The van der Waals surface area contributed by atoms with Crippen molar-refractivity contribution in [2.75, 3.05) is 13.1 Å². The van der Waals surface area contributed by atoms with Crippen molar-refractivity contribution in [3.63, 3.8) is 0 Å². The molecule has 2 amide bonds. The Hall–Kier alpha value is -3.02. The zero-order valence-corrected chi connectivity index (χ0v) is 17.0. The molecule has 4 rings (SSSR count). The number of hydrogen-bond acceptors (Lipinski definition) is 3. The van der Waals surface area contributed by atoms with Gasteiger partial charge in [0, 0.05) is 44.2 Å². The van der Waals surface area contributed by atoms with Crippen molar-refractivity contribution < 1.29 is 14.0 Å². The molecule has 0 bridgehead atoms. The highest BCUT2D eigenvalue weighted by Crippen LogP contribution is 2.24. The average Bonchev–Trinajstić information content (AvgIpc) is 3.34. The Morgan fingerprint density at radius 1 is 1.14 bits per heavy atom. The summed E-state index contributed by atoms with van der Waals surface area (Å²) >= 11 is 0. The Morgan fingerprint density at radius 3 is 2.55 bits per heavy atom. The van der Waals surface area contributed by atoms with E-state index in [1.807, 2.05) is 47.6 Å². The second kappa shape index (κ2) is 8.15. The number of nitrogens with one attached hydrogen (secondary N) is 1. The third-order valence-electron chi connectivity index (χ3n) is 5.80. The van der Waals surface area contributed by atoms with Gasteiger partial charge in [-0.15, -0.1) is 0 Å². The van der Waals surface area contributed by atoms with Crippen molar-refractivity contribution in [1.82, 2.24) is 14.8 Å². The molecule has 0 saturated carbocycles. The molecule has 3 aromatic rings. The largest absolute Gasteiger partial charge is 0.463 e. The van der Waals surface area contributed by atoms with Gasteiger partial charge < -0.3 is 19.2 Å². The lowest BCUT2D eigenvalue weighted by Gasteiger charge is -2.31. The zero-order valence-electron chi connectivity index (χ0n) is 17.0. The van der Waals surface area contributed by atoms with Crippen LogP contribution in [0, 0.1) is 12.8 Å². The van der Waals surface area contributed by atoms with E-state index in [1.165, 1.54) is 5.56 Å². The van der Waals surface area contributed by atoms with Gasteiger partial charge in [-0.05, 0) is 32.3 Å². The molecular weight excluding hydrogens is 366 g/mol. The number of likely N-dealkylation sites (tertiary alicyclic amines) is 1. The van der Waals surface area contributed by atoms with Gasteiger partial charge in [-0.25, -0.2) is 0 Å². The molecule has 0 spiro atoms. The molecule has 2 aromatic heterocycles. The summed E-state index contributed by atoms with van der Waals surface area (Å²) in [6.45, 7) is 6.51. The summed E-state index contributed by atoms with van der Waals surface area (Å²) in [6, 6.07) is 11.9. The molecule has 6 nitrogen and oxygen atoms in total. The standard InChI is InChI=1S/C23H27N3O3/c1-3-26-19-10-13-29-21(19)14-20(26)23(28)25-11-8-18(9-12-25)22(27)24-15-17-6-4-16(2)5-7-17/h4-7,10,13-14,18H,3,8-9,11-12,15H2,1-2H3,(H,24,27). The molecule has 152 valence electrons. The summed E-state index contributed by atoms with van der Waals surface area (Å²) in [4.78, 5) is 27.4. The molecule has 6 heteroatoms. The van der Waals surface area contributed by atoms with Crippen molar-refractivity contribution in [2.45, 2.75) is 39.8 Å². The van der Waals surface area contributed by atoms with Gasteiger partial charge in [-0.3, -0.25) is 9.59 Å². The maximum Gasteiger partial charge on any atom is 0.270 e. The Bertz CT molecular complexity index is 1010. The SMILES string of the molecule is CCn1c(C(=O)N2CCC(C(=O)NCc3ccc(C)cc3)CC2)cc2occc21. The Balaban J connectivity index is 1.33. The van der Waals surface area contributed by atoms with Crippen LogP contribution in [0.25, 0.3) is 11.1 Å². The summed E-state index contributed by atoms with van der Waals surface area (Å²) in [7, 11) is 0. The first-order valence-electron chi connectivity index (χ1n) is 10.3. The van der Waals surface area contributed by atoms with Crippen LogP contribution < -0.4 is 5.32 Å². The predicted molar refractivity (Wildman–Crippen MR) is 112 cm³/mol. The van der Waals surface area contributed by atoms with Crippen LogP contribution in [0.3, 0.4) is 0 Å². The molecule has 1 saturated heterocycles. The van der Waals surface area contributed by atoms with Crippen LogP contribution in [0.1, 0.15) is 41.4 Å². The molecule has 0 unspecified atom stereocenters. The summed E-state index contributed by atoms with van der Waals surface area (Å²) in [6.07, 6.45) is 3.02. The fraction of sp³-hybridized carbons (Fsp3) is 0.391. The Morgan fingerprint density at radius 2 is 1.86 bits per heavy atom. The van der Waals surface area contributed by atoms with E-state index in [1.54, 1.807) is 6.26 Å². The van der Waals surface area contributed by atoms with E-state index in [0.717, 1.165) is 16.7 Å². The van der Waals surface area contributed by atoms with Crippen molar-refractivity contribution in [3.05, 3.63) is 59.5 Å². The number of aromatic nitrogens is 1. The number of benzene rings is 1. The maximum atomic E-state index is 13.0. The first-order valence-corrected chi connectivity index (χ1v) is 10.3. The van der Waals surface area contributed by atoms with Gasteiger partial charge in [0.25, 0.3) is 5.91 Å². The summed E-state index contributed by atoms with van der Waals surface area (Å²) < 4.78 is 7.44. The molecule has 3 heterocycles. The highest BCUT2D eigenvalue weighted by atomic mass is 16.3. The van der Waals surface area contributed by atoms with E-state index >= 15 is 0 Å². The summed E-state index contributed by atoms with van der Waals surface area (Å²) in [5, 5.41) is 3.04. The van der Waals surface area contributed by atoms with Crippen LogP contribution >= 0.6 is 0 Å². The molecule has 1 aliphatic heterocycles. The molecule has 0 radical (unpaired) electrons. The number of hydrogen-bond donors (Lipinski definition) is 1. The lowest BCUT2D eigenvalue weighted by molar-refractivity contribution is -0.126. The maximum absolute atomic E-state index is 13.0. The first kappa shape index (κ1) is 19.3. The monoisotopic (exact) mass is 393 g/mol. The van der Waals surface area contributed by atoms with Crippen LogP contribution in [0.2, 0.25) is 0 Å². The Kier molecular flexibility index (Phi) is 5.43. The third-order valence-corrected chi connectivity index (χ3v) is 5.80. The van der Waals surface area contributed by atoms with Crippen LogP contribution in [-0.2, 0) is 17.9 Å². The number of carbonyl (C=O) groups excluding carboxylic acids is 2. The zero-order chi connectivity index (χ0) is 20.4. The minimum atomic E-state index is -0.0428. The van der Waals surface area contributed by atoms with Crippen molar-refractivity contribution in [2.24, 2.45) is 5.92 Å². The number of furan rings is 1. The van der Waals surface area contributed by atoms with Crippen molar-refractivity contribution in [1.29, 1.82) is 0 Å². The molecular formula is C23H27N3O3. The molecule has 0 atom stereocenters. The van der Waals surface area contributed by atoms with Gasteiger partial charge in [0.1, 0.15) is 5.69 Å². The van der Waals surface area contributed by atoms with Crippen LogP contribution in [0.4, 0.5) is 0 Å². The van der Waals surface area contributed by atoms with Crippen LogP contribution in [-0.4, -0.2) is 34.4 Å². The summed E-state index contributed by atoms with van der Waals surface area (Å²) in [5.74, 6) is 0.0441. The fourth-order valence-corrected chi connectivity index (χ4v) is 4.04. The number of rotatable bonds is 5. The van der Waals surface area contributed by atoms with Crippen molar-refractivity contribution in [3.8, 4) is 0 Å². The van der Waals surface area contributed by atoms with Gasteiger partial charge in [0.15, 0.2) is 5.58 Å². The second-order valence-corrected chi connectivity index (χ2v) is 7.71. The Labute approximate surface area is 170 Å². The third kappa shape index (κ3) is 3.92. The van der Waals surface area contributed by atoms with E-state index in [0.29, 0.717) is 44.7 Å². The number of fused-ring (bicyclic) bond motifs is 1. The molecule has 0 aliphatic carbocycles. The lowest BCUT2D eigenvalue weighted by Crippen LogP contribution is -2.43. The van der Waals surface area contributed by atoms with Gasteiger partial charge >= 0.3 is 0 Å². The van der Waals surface area contributed by atoms with E-state index in [-0.39, 0.29) is 17.7 Å². The van der Waals surface area contributed by atoms with Crippen molar-refractivity contribution >= 4 is 22.9 Å². The van der Waals surface area contributed by atoms with Gasteiger partial charge in [0.2, 0.25) is 5.91 Å². The van der Waals surface area contributed by atoms with Crippen LogP contribution in [0.5, 0.6) is 0 Å². The summed E-state index contributed by atoms with van der Waals surface area (Å²) in [5.41, 5.74) is 4.64. The van der Waals surface area contributed by atoms with Gasteiger partial charge in [-0.2, -0.15) is 0 Å². The molecule has 1 fully saturated rings. The topological polar surface area (TPSA) is 67.5 Å². The van der Waals surface area contributed by atoms with E-state index in [9.17, 15) is 9.59 Å². The fourth-order valence-electron chi connectivity index (χ4n) is 4.04. The smallest absolute Gasteiger partial charge is 0.270 e. The number of aryl methyl sites for hydroxylation is 2. The van der Waals surface area contributed by atoms with E-state index in [4.69, 9.17) is 4.42 Å². The molecule has 1 aromatic carbocycles. The minimum absolute atomic E-state index is 0.0109. The quantitative estimate of drug-likeness (QED) is 0.718. The molecule has 1 aliphatic rings. The van der Waals surface area contributed by atoms with E-state index in [2.05, 4.69) is 17.4 Å². The predicted octanol–water partition coefficient (Wildman–Crippen LogP) is 3.73. The van der Waals surface area contributed by atoms with Gasteiger partial charge in [-0.1, -0.05) is 29.8 Å². The van der Waals surface area contributed by atoms with E-state index < -0.39 is 0 Å². The van der Waals surface area contributed by atoms with Crippen LogP contribution in [0.15, 0.2) is 47.1 Å². The number of carbonyl (C=O) groups is 2. The highest BCUT2D eigenvalue weighted by Gasteiger charge is 2.29. The minimum Gasteiger partial charge on any atom is -0.463 e. The normalized spacial score (nSPS) is 15.0. The van der Waals surface area contributed by atoms with Gasteiger partial charge in [0.05, 0.1) is 11.8 Å². The number of nitrogens with zero attached hydrogens (tertiary/aromatic N) is 2. The highest BCUT2D eigenvalue weighted by molar-refractivity contribution is 5.97. The molecule has 1 N–H and O–H groups in total. The number of piperidine rings is 1.